The van der Waals surface area contributed by atoms with Gasteiger partial charge in [-0.05, 0) is 61.7 Å². The molecule has 0 rings (SSSR count). The number of rotatable bonds is 8. The molecule has 0 N–H and O–H groups in total. The summed E-state index contributed by atoms with van der Waals surface area (Å²) in [7, 11) is 6.53. The third kappa shape index (κ3) is 7.58. The van der Waals surface area contributed by atoms with Gasteiger partial charge in [0.2, 0.25) is 0 Å². The van der Waals surface area contributed by atoms with Crippen LogP contribution >= 0.6 is 0 Å². The van der Waals surface area contributed by atoms with Gasteiger partial charge in [0.25, 0.3) is 0 Å². The fraction of sp³-hybridized carbons (Fsp3) is 0.875. The van der Waals surface area contributed by atoms with E-state index in [2.05, 4.69) is 77.0 Å². The van der Waals surface area contributed by atoms with Crippen LogP contribution in [-0.2, 0) is 0 Å². The van der Waals surface area contributed by atoms with E-state index in [0.717, 1.165) is 25.3 Å². The highest BCUT2D eigenvalue weighted by Crippen LogP contribution is 2.12. The predicted molar refractivity (Wildman–Crippen MR) is 86.5 cm³/mol. The van der Waals surface area contributed by atoms with Crippen LogP contribution in [0, 0.1) is 0 Å². The molecule has 0 aliphatic heterocycles. The zero-order chi connectivity index (χ0) is 15.2. The summed E-state index contributed by atoms with van der Waals surface area (Å²) in [6, 6.07) is 0.614. The van der Waals surface area contributed by atoms with Crippen molar-refractivity contribution < 1.29 is 0 Å². The molecule has 0 aliphatic rings. The van der Waals surface area contributed by atoms with Crippen molar-refractivity contribution in [3.8, 4) is 0 Å². The van der Waals surface area contributed by atoms with Crippen LogP contribution in [0.1, 0.15) is 41.0 Å². The average Bonchev–Trinajstić information content (AvgIpc) is 2.30. The van der Waals surface area contributed by atoms with Gasteiger partial charge < -0.3 is 14.7 Å². The number of allylic oxidation sites excluding steroid dienone is 1. The topological polar surface area (TPSA) is 9.72 Å². The van der Waals surface area contributed by atoms with E-state index in [1.165, 1.54) is 6.42 Å². The van der Waals surface area contributed by atoms with Crippen LogP contribution in [0.4, 0.5) is 0 Å². The first-order valence-electron chi connectivity index (χ1n) is 7.33. The molecule has 0 bridgehead atoms. The molecule has 0 aromatic rings. The zero-order valence-electron chi connectivity index (χ0n) is 14.5. The minimum Gasteiger partial charge on any atom is -0.377 e. The van der Waals surface area contributed by atoms with Crippen molar-refractivity contribution in [3.63, 3.8) is 0 Å². The van der Waals surface area contributed by atoms with Gasteiger partial charge >= 0.3 is 0 Å². The van der Waals surface area contributed by atoms with Crippen LogP contribution in [0.5, 0.6) is 0 Å². The van der Waals surface area contributed by atoms with Crippen molar-refractivity contribution in [1.82, 2.24) is 14.7 Å². The van der Waals surface area contributed by atoms with Gasteiger partial charge in [0.15, 0.2) is 0 Å². The lowest BCUT2D eigenvalue weighted by molar-refractivity contribution is 0.146. The molecule has 0 amide bonds. The lowest BCUT2D eigenvalue weighted by Gasteiger charge is -2.34. The highest BCUT2D eigenvalue weighted by molar-refractivity contribution is 4.86. The molecule has 0 saturated carbocycles. The van der Waals surface area contributed by atoms with E-state index in [4.69, 9.17) is 0 Å². The SMILES string of the molecule is C=C(C)N(C)CCN(C)C(C)CCN(C)C(C)(C)C. The highest BCUT2D eigenvalue weighted by atomic mass is 15.2. The molecule has 0 fully saturated rings. The van der Waals surface area contributed by atoms with Gasteiger partial charge in [0, 0.05) is 37.4 Å². The van der Waals surface area contributed by atoms with Gasteiger partial charge in [-0.3, -0.25) is 0 Å². The molecule has 0 radical (unpaired) electrons. The van der Waals surface area contributed by atoms with E-state index in [-0.39, 0.29) is 5.54 Å². The normalized spacial score (nSPS) is 14.0. The molecular formula is C16H35N3. The fourth-order valence-corrected chi connectivity index (χ4v) is 1.66. The lowest BCUT2D eigenvalue weighted by atomic mass is 10.1. The van der Waals surface area contributed by atoms with E-state index in [0.29, 0.717) is 6.04 Å². The molecule has 1 unspecified atom stereocenters. The Morgan fingerprint density at radius 2 is 1.58 bits per heavy atom. The van der Waals surface area contributed by atoms with E-state index < -0.39 is 0 Å². The van der Waals surface area contributed by atoms with Crippen molar-refractivity contribution in [1.29, 1.82) is 0 Å². The van der Waals surface area contributed by atoms with Crippen LogP contribution in [0.2, 0.25) is 0 Å². The van der Waals surface area contributed by atoms with Gasteiger partial charge in [-0.25, -0.2) is 0 Å². The highest BCUT2D eigenvalue weighted by Gasteiger charge is 2.18. The summed E-state index contributed by atoms with van der Waals surface area (Å²) in [6.45, 7) is 18.4. The Morgan fingerprint density at radius 3 is 2.00 bits per heavy atom. The maximum absolute atomic E-state index is 3.97. The summed E-state index contributed by atoms with van der Waals surface area (Å²) in [5, 5.41) is 0. The number of hydrogen-bond acceptors (Lipinski definition) is 3. The minimum atomic E-state index is 0.262. The Morgan fingerprint density at radius 1 is 1.05 bits per heavy atom. The third-order valence-corrected chi connectivity index (χ3v) is 4.22. The number of nitrogens with zero attached hydrogens (tertiary/aromatic N) is 3. The summed E-state index contributed by atoms with van der Waals surface area (Å²) in [6.07, 6.45) is 1.21. The fourth-order valence-electron chi connectivity index (χ4n) is 1.66. The van der Waals surface area contributed by atoms with Crippen molar-refractivity contribution >= 4 is 0 Å². The van der Waals surface area contributed by atoms with Crippen LogP contribution in [-0.4, -0.2) is 67.1 Å². The van der Waals surface area contributed by atoms with Crippen molar-refractivity contribution in [2.24, 2.45) is 0 Å². The summed E-state index contributed by atoms with van der Waals surface area (Å²) in [5.41, 5.74) is 1.40. The molecule has 1 atom stereocenters. The van der Waals surface area contributed by atoms with Gasteiger partial charge in [0.1, 0.15) is 0 Å². The minimum absolute atomic E-state index is 0.262. The molecule has 0 aromatic carbocycles. The number of hydrogen-bond donors (Lipinski definition) is 0. The smallest absolute Gasteiger partial charge is 0.0299 e. The van der Waals surface area contributed by atoms with Crippen molar-refractivity contribution in [2.45, 2.75) is 52.6 Å². The summed E-state index contributed by atoms with van der Waals surface area (Å²) < 4.78 is 0. The van der Waals surface area contributed by atoms with E-state index >= 15 is 0 Å². The monoisotopic (exact) mass is 269 g/mol. The van der Waals surface area contributed by atoms with Crippen molar-refractivity contribution in [2.75, 3.05) is 40.8 Å². The van der Waals surface area contributed by atoms with Crippen LogP contribution in [0.25, 0.3) is 0 Å². The summed E-state index contributed by atoms with van der Waals surface area (Å²) in [4.78, 5) is 7.08. The molecule has 3 nitrogen and oxygen atoms in total. The Balaban J connectivity index is 4.01. The maximum atomic E-state index is 3.97. The molecule has 0 aliphatic carbocycles. The van der Waals surface area contributed by atoms with Gasteiger partial charge in [0.05, 0.1) is 0 Å². The second kappa shape index (κ2) is 7.91. The van der Waals surface area contributed by atoms with Gasteiger partial charge in [-0.2, -0.15) is 0 Å². The largest absolute Gasteiger partial charge is 0.377 e. The van der Waals surface area contributed by atoms with Gasteiger partial charge in [-0.1, -0.05) is 6.58 Å². The van der Waals surface area contributed by atoms with Crippen LogP contribution in [0.3, 0.4) is 0 Å². The molecule has 0 heterocycles. The Hall–Kier alpha value is -0.540. The second-order valence-electron chi connectivity index (χ2n) is 6.87. The summed E-state index contributed by atoms with van der Waals surface area (Å²) >= 11 is 0. The maximum Gasteiger partial charge on any atom is 0.0299 e. The lowest BCUT2D eigenvalue weighted by Crippen LogP contribution is -2.42. The molecular weight excluding hydrogens is 234 g/mol. The van der Waals surface area contributed by atoms with Crippen LogP contribution < -0.4 is 0 Å². The van der Waals surface area contributed by atoms with Gasteiger partial charge in [-0.15, -0.1) is 0 Å². The van der Waals surface area contributed by atoms with E-state index in [1.807, 2.05) is 0 Å². The molecule has 0 saturated heterocycles. The number of likely N-dealkylation sites (N-methyl/N-ethyl adjacent to an activating group) is 2. The average molecular weight is 269 g/mol. The molecule has 0 aromatic heterocycles. The van der Waals surface area contributed by atoms with E-state index in [9.17, 15) is 0 Å². The summed E-state index contributed by atoms with van der Waals surface area (Å²) in [5.74, 6) is 0. The quantitative estimate of drug-likeness (QED) is 0.671. The first-order valence-corrected chi connectivity index (χ1v) is 7.33. The predicted octanol–water partition coefficient (Wildman–Crippen LogP) is 2.89. The Labute approximate surface area is 121 Å². The molecule has 19 heavy (non-hydrogen) atoms. The van der Waals surface area contributed by atoms with Crippen molar-refractivity contribution in [3.05, 3.63) is 12.3 Å². The second-order valence-corrected chi connectivity index (χ2v) is 6.87. The standard InChI is InChI=1S/C16H35N3/c1-14(2)17(7)12-13-18(8)15(3)10-11-19(9)16(4,5)6/h15H,1,10-13H2,2-9H3. The molecule has 114 valence electrons. The molecule has 0 spiro atoms. The Bertz CT molecular complexity index is 268. The third-order valence-electron chi connectivity index (χ3n) is 4.22. The first-order chi connectivity index (χ1) is 8.55. The Kier molecular flexibility index (Phi) is 7.68. The van der Waals surface area contributed by atoms with Crippen LogP contribution in [0.15, 0.2) is 12.3 Å². The molecule has 3 heteroatoms. The zero-order valence-corrected chi connectivity index (χ0v) is 14.5. The first kappa shape index (κ1) is 18.5. The van der Waals surface area contributed by atoms with E-state index in [1.54, 1.807) is 0 Å².